The third-order valence-electron chi connectivity index (χ3n) is 3.44. The topological polar surface area (TPSA) is 87.2 Å². The number of sulfonamides is 1. The van der Waals surface area contributed by atoms with Crippen LogP contribution < -0.4 is 4.83 Å². The number of aromatic nitrogens is 2. The van der Waals surface area contributed by atoms with Crippen LogP contribution in [-0.4, -0.2) is 24.8 Å². The van der Waals surface area contributed by atoms with E-state index in [1.54, 1.807) is 30.5 Å². The molecule has 0 aliphatic heterocycles. The summed E-state index contributed by atoms with van der Waals surface area (Å²) >= 11 is 0. The van der Waals surface area contributed by atoms with E-state index < -0.39 is 10.0 Å². The van der Waals surface area contributed by atoms with E-state index in [9.17, 15) is 8.42 Å². The minimum atomic E-state index is -3.69. The average molecular weight is 340 g/mol. The van der Waals surface area contributed by atoms with Gasteiger partial charge in [0.05, 0.1) is 23.0 Å². The number of hydrogen-bond acceptors (Lipinski definition) is 4. The van der Waals surface area contributed by atoms with Crippen LogP contribution in [0.15, 0.2) is 70.8 Å². The van der Waals surface area contributed by atoms with Crippen molar-refractivity contribution in [1.82, 2.24) is 15.0 Å². The van der Waals surface area contributed by atoms with Crippen LogP contribution in [0.3, 0.4) is 0 Å². The molecule has 3 rings (SSSR count). The summed E-state index contributed by atoms with van der Waals surface area (Å²) in [6.45, 7) is 1.89. The number of nitrogens with zero attached hydrogens (tertiary/aromatic N) is 2. The van der Waals surface area contributed by atoms with Crippen molar-refractivity contribution in [2.75, 3.05) is 0 Å². The van der Waals surface area contributed by atoms with Gasteiger partial charge in [-0.2, -0.15) is 18.6 Å². The molecule has 1 aromatic heterocycles. The maximum absolute atomic E-state index is 12.2. The van der Waals surface area contributed by atoms with E-state index in [-0.39, 0.29) is 4.90 Å². The van der Waals surface area contributed by atoms with Crippen LogP contribution in [0.4, 0.5) is 0 Å². The van der Waals surface area contributed by atoms with Crippen molar-refractivity contribution >= 4 is 16.2 Å². The van der Waals surface area contributed by atoms with Gasteiger partial charge in [-0.25, -0.2) is 4.83 Å². The number of hydrogen-bond donors (Lipinski definition) is 2. The van der Waals surface area contributed by atoms with Crippen LogP contribution in [0.2, 0.25) is 0 Å². The van der Waals surface area contributed by atoms with E-state index in [2.05, 4.69) is 20.1 Å². The van der Waals surface area contributed by atoms with Crippen molar-refractivity contribution < 1.29 is 8.42 Å². The molecule has 1 heterocycles. The average Bonchev–Trinajstić information content (AvgIpc) is 3.04. The number of H-pyrrole nitrogens is 1. The zero-order chi connectivity index (χ0) is 17.0. The molecule has 2 aromatic carbocycles. The molecule has 0 radical (unpaired) electrons. The van der Waals surface area contributed by atoms with Crippen molar-refractivity contribution in [3.63, 3.8) is 0 Å². The van der Waals surface area contributed by atoms with Crippen LogP contribution in [-0.2, 0) is 10.0 Å². The number of aryl methyl sites for hydroxylation is 1. The van der Waals surface area contributed by atoms with Gasteiger partial charge >= 0.3 is 0 Å². The normalized spacial score (nSPS) is 11.7. The van der Waals surface area contributed by atoms with Crippen LogP contribution in [0.1, 0.15) is 11.1 Å². The summed E-state index contributed by atoms with van der Waals surface area (Å²) in [5, 5.41) is 10.7. The van der Waals surface area contributed by atoms with Crippen LogP contribution in [0, 0.1) is 6.92 Å². The van der Waals surface area contributed by atoms with Gasteiger partial charge in [-0.15, -0.1) is 0 Å². The van der Waals surface area contributed by atoms with Crippen LogP contribution in [0.5, 0.6) is 0 Å². The van der Waals surface area contributed by atoms with Gasteiger partial charge in [0.1, 0.15) is 0 Å². The van der Waals surface area contributed by atoms with Crippen molar-refractivity contribution in [2.24, 2.45) is 5.10 Å². The first-order chi connectivity index (χ1) is 11.6. The van der Waals surface area contributed by atoms with Crippen molar-refractivity contribution in [3.05, 3.63) is 71.9 Å². The van der Waals surface area contributed by atoms with Gasteiger partial charge in [0.15, 0.2) is 0 Å². The van der Waals surface area contributed by atoms with Crippen molar-refractivity contribution in [3.8, 4) is 11.3 Å². The summed E-state index contributed by atoms with van der Waals surface area (Å²) < 4.78 is 24.4. The number of nitrogens with one attached hydrogen (secondary N) is 2. The highest BCUT2D eigenvalue weighted by Crippen LogP contribution is 2.19. The molecule has 3 aromatic rings. The van der Waals surface area contributed by atoms with E-state index in [1.807, 2.05) is 37.3 Å². The minimum absolute atomic E-state index is 0.167. The summed E-state index contributed by atoms with van der Waals surface area (Å²) in [5.74, 6) is 0. The molecule has 24 heavy (non-hydrogen) atoms. The number of benzene rings is 2. The van der Waals surface area contributed by atoms with Gasteiger partial charge in [0.2, 0.25) is 0 Å². The summed E-state index contributed by atoms with van der Waals surface area (Å²) in [5.41, 5.74) is 3.39. The molecule has 2 N–H and O–H groups in total. The van der Waals surface area contributed by atoms with Crippen molar-refractivity contribution in [1.29, 1.82) is 0 Å². The zero-order valence-corrected chi connectivity index (χ0v) is 13.8. The lowest BCUT2D eigenvalue weighted by Crippen LogP contribution is -2.18. The summed E-state index contributed by atoms with van der Waals surface area (Å²) in [4.78, 5) is 2.38. The maximum atomic E-state index is 12.2. The Labute approximate surface area is 140 Å². The Bertz CT molecular complexity index is 946. The molecule has 0 atom stereocenters. The molecule has 0 aliphatic rings. The Balaban J connectivity index is 1.78. The molecule has 122 valence electrons. The Kier molecular flexibility index (Phi) is 4.43. The maximum Gasteiger partial charge on any atom is 0.276 e. The molecule has 0 aliphatic carbocycles. The zero-order valence-electron chi connectivity index (χ0n) is 13.0. The Morgan fingerprint density at radius 2 is 1.79 bits per heavy atom. The Morgan fingerprint density at radius 3 is 2.50 bits per heavy atom. The van der Waals surface area contributed by atoms with Gasteiger partial charge in [0.25, 0.3) is 10.0 Å². The quantitative estimate of drug-likeness (QED) is 0.553. The largest absolute Gasteiger partial charge is 0.277 e. The lowest BCUT2D eigenvalue weighted by molar-refractivity contribution is 0.584. The fourth-order valence-electron chi connectivity index (χ4n) is 2.16. The van der Waals surface area contributed by atoms with Crippen molar-refractivity contribution in [2.45, 2.75) is 11.8 Å². The van der Waals surface area contributed by atoms with E-state index in [4.69, 9.17) is 0 Å². The highest BCUT2D eigenvalue weighted by atomic mass is 32.2. The Morgan fingerprint density at radius 1 is 1.08 bits per heavy atom. The molecule has 0 fully saturated rings. The number of rotatable bonds is 5. The third kappa shape index (κ3) is 3.52. The molecule has 0 amide bonds. The lowest BCUT2D eigenvalue weighted by atomic mass is 10.1. The van der Waals surface area contributed by atoms with Gasteiger partial charge in [0, 0.05) is 11.1 Å². The third-order valence-corrected chi connectivity index (χ3v) is 4.68. The second-order valence-electron chi connectivity index (χ2n) is 5.23. The molecular formula is C17H16N4O2S. The fraction of sp³-hybridized carbons (Fsp3) is 0.0588. The smallest absolute Gasteiger partial charge is 0.276 e. The minimum Gasteiger partial charge on any atom is -0.277 e. The number of hydrazone groups is 1. The second-order valence-corrected chi connectivity index (χ2v) is 6.89. The summed E-state index contributed by atoms with van der Waals surface area (Å²) in [6, 6.07) is 16.2. The first-order valence-corrected chi connectivity index (χ1v) is 8.75. The standard InChI is InChI=1S/C17H16N4O2S/c1-13-7-9-16(10-8-13)24(22,23)21-19-12-15-11-18-20-17(15)14-5-3-2-4-6-14/h2-12,21H,1H3,(H,18,20). The fourth-order valence-corrected chi connectivity index (χ4v) is 2.96. The predicted molar refractivity (Wildman–Crippen MR) is 93.1 cm³/mol. The first kappa shape index (κ1) is 15.9. The Hall–Kier alpha value is -2.93. The van der Waals surface area contributed by atoms with E-state index in [0.29, 0.717) is 5.56 Å². The molecule has 0 saturated heterocycles. The summed E-state index contributed by atoms with van der Waals surface area (Å²) in [7, 11) is -3.69. The van der Waals surface area contributed by atoms with Gasteiger partial charge in [-0.1, -0.05) is 48.0 Å². The van der Waals surface area contributed by atoms with Gasteiger partial charge < -0.3 is 0 Å². The molecule has 0 saturated carbocycles. The molecule has 0 bridgehead atoms. The molecule has 6 nitrogen and oxygen atoms in total. The second kappa shape index (κ2) is 6.67. The predicted octanol–water partition coefficient (Wildman–Crippen LogP) is 2.70. The SMILES string of the molecule is Cc1ccc(S(=O)(=O)NN=Cc2cn[nH]c2-c2ccccc2)cc1. The molecule has 0 spiro atoms. The first-order valence-electron chi connectivity index (χ1n) is 7.26. The van der Waals surface area contributed by atoms with E-state index >= 15 is 0 Å². The van der Waals surface area contributed by atoms with Gasteiger partial charge in [-0.3, -0.25) is 5.10 Å². The lowest BCUT2D eigenvalue weighted by Gasteiger charge is -2.03. The number of aromatic amines is 1. The summed E-state index contributed by atoms with van der Waals surface area (Å²) in [6.07, 6.45) is 3.02. The van der Waals surface area contributed by atoms with E-state index in [1.165, 1.54) is 6.21 Å². The van der Waals surface area contributed by atoms with Crippen LogP contribution >= 0.6 is 0 Å². The highest BCUT2D eigenvalue weighted by Gasteiger charge is 2.12. The molecule has 7 heteroatoms. The van der Waals surface area contributed by atoms with Crippen LogP contribution in [0.25, 0.3) is 11.3 Å². The molecule has 0 unspecified atom stereocenters. The highest BCUT2D eigenvalue weighted by molar-refractivity contribution is 7.89. The molecular weight excluding hydrogens is 324 g/mol. The monoisotopic (exact) mass is 340 g/mol. The van der Waals surface area contributed by atoms with E-state index in [0.717, 1.165) is 16.8 Å². The van der Waals surface area contributed by atoms with Gasteiger partial charge in [-0.05, 0) is 19.1 Å².